The van der Waals surface area contributed by atoms with Crippen LogP contribution in [-0.4, -0.2) is 28.8 Å². The molecule has 1 unspecified atom stereocenters. The first-order valence-corrected chi connectivity index (χ1v) is 7.05. The summed E-state index contributed by atoms with van der Waals surface area (Å²) in [7, 11) is 0. The lowest BCUT2D eigenvalue weighted by molar-refractivity contribution is -0.153. The fourth-order valence-electron chi connectivity index (χ4n) is 2.71. The molecule has 19 heavy (non-hydrogen) atoms. The molecule has 1 aliphatic heterocycles. The molecule has 0 aromatic rings. The molecule has 1 rings (SSSR count). The number of nitrogens with two attached hydrogens (primary N) is 1. The second kappa shape index (κ2) is 4.50. The Hall–Kier alpha value is -1.06. The summed E-state index contributed by atoms with van der Waals surface area (Å²) in [5, 5.41) is 0. The summed E-state index contributed by atoms with van der Waals surface area (Å²) < 4.78 is 0. The molecule has 2 N–H and O–H groups in total. The largest absolute Gasteiger partial charge is 0.368 e. The normalized spacial score (nSPS) is 26.4. The number of hydrogen-bond donors (Lipinski definition) is 1. The summed E-state index contributed by atoms with van der Waals surface area (Å²) in [4.78, 5) is 26.5. The molecule has 0 bridgehead atoms. The molecule has 0 saturated carbocycles. The van der Waals surface area contributed by atoms with Gasteiger partial charge >= 0.3 is 0 Å². The number of carbonyl (C=O) groups excluding carboxylic acids is 2. The van der Waals surface area contributed by atoms with Crippen LogP contribution in [0.25, 0.3) is 0 Å². The average Bonchev–Trinajstić information content (AvgIpc) is 2.51. The molecule has 1 aliphatic rings. The summed E-state index contributed by atoms with van der Waals surface area (Å²) in [5.74, 6) is -0.174. The van der Waals surface area contributed by atoms with E-state index in [0.717, 1.165) is 6.42 Å². The van der Waals surface area contributed by atoms with Gasteiger partial charge in [0.05, 0.1) is 0 Å². The van der Waals surface area contributed by atoms with Gasteiger partial charge in [0.15, 0.2) is 0 Å². The minimum atomic E-state index is -0.944. The van der Waals surface area contributed by atoms with E-state index in [-0.39, 0.29) is 17.2 Å². The van der Waals surface area contributed by atoms with Crippen LogP contribution in [0.3, 0.4) is 0 Å². The summed E-state index contributed by atoms with van der Waals surface area (Å²) in [6.07, 6.45) is 0.783. The highest BCUT2D eigenvalue weighted by atomic mass is 16.2. The Morgan fingerprint density at radius 3 is 2.16 bits per heavy atom. The van der Waals surface area contributed by atoms with Gasteiger partial charge in [-0.15, -0.1) is 0 Å². The number of likely N-dealkylation sites (tertiary alicyclic amines) is 1. The van der Waals surface area contributed by atoms with Crippen molar-refractivity contribution in [2.24, 2.45) is 22.5 Å². The predicted octanol–water partition coefficient (Wildman–Crippen LogP) is 2.17. The van der Waals surface area contributed by atoms with Crippen molar-refractivity contribution in [3.8, 4) is 0 Å². The molecule has 2 amide bonds. The Morgan fingerprint density at radius 2 is 1.89 bits per heavy atom. The van der Waals surface area contributed by atoms with Gasteiger partial charge < -0.3 is 10.6 Å². The summed E-state index contributed by atoms with van der Waals surface area (Å²) in [6.45, 7) is 14.4. The minimum Gasteiger partial charge on any atom is -0.368 e. The van der Waals surface area contributed by atoms with Crippen molar-refractivity contribution in [1.29, 1.82) is 0 Å². The van der Waals surface area contributed by atoms with Crippen LogP contribution in [-0.2, 0) is 9.59 Å². The van der Waals surface area contributed by atoms with Crippen molar-refractivity contribution >= 4 is 11.8 Å². The lowest BCUT2D eigenvalue weighted by Crippen LogP contribution is -2.64. The van der Waals surface area contributed by atoms with Gasteiger partial charge in [-0.25, -0.2) is 0 Å². The van der Waals surface area contributed by atoms with Crippen LogP contribution in [0, 0.1) is 16.7 Å². The molecule has 0 aromatic carbocycles. The second-order valence-electron chi connectivity index (χ2n) is 7.21. The standard InChI is InChI=1S/C15H28N2O2/c1-8-13(3,4)15(7,11(16)18)17-9-10(2)14(5,6)12(17)19/h10H,8-9H2,1-7H3,(H2,16,18)/t10?,15-/m1/s1. The number of nitrogens with zero attached hydrogens (tertiary/aromatic N) is 1. The molecule has 1 fully saturated rings. The first-order chi connectivity index (χ1) is 8.42. The van der Waals surface area contributed by atoms with Crippen LogP contribution in [0.1, 0.15) is 54.9 Å². The lowest BCUT2D eigenvalue weighted by Gasteiger charge is -2.47. The van der Waals surface area contributed by atoms with E-state index in [1.165, 1.54) is 0 Å². The Labute approximate surface area is 116 Å². The quantitative estimate of drug-likeness (QED) is 0.849. The van der Waals surface area contributed by atoms with Crippen LogP contribution >= 0.6 is 0 Å². The van der Waals surface area contributed by atoms with Crippen molar-refractivity contribution in [2.45, 2.75) is 60.4 Å². The van der Waals surface area contributed by atoms with Crippen molar-refractivity contribution in [3.63, 3.8) is 0 Å². The van der Waals surface area contributed by atoms with E-state index in [0.29, 0.717) is 6.54 Å². The van der Waals surface area contributed by atoms with E-state index < -0.39 is 16.9 Å². The average molecular weight is 268 g/mol. The van der Waals surface area contributed by atoms with E-state index in [1.807, 2.05) is 41.5 Å². The van der Waals surface area contributed by atoms with Gasteiger partial charge in [-0.05, 0) is 24.7 Å². The molecule has 0 aliphatic carbocycles. The molecule has 1 heterocycles. The first kappa shape index (κ1) is 16.0. The van der Waals surface area contributed by atoms with Crippen LogP contribution in [0.4, 0.5) is 0 Å². The Kier molecular flexibility index (Phi) is 3.79. The number of carbonyl (C=O) groups is 2. The van der Waals surface area contributed by atoms with Gasteiger partial charge in [-0.1, -0.05) is 41.5 Å². The van der Waals surface area contributed by atoms with Crippen LogP contribution in [0.2, 0.25) is 0 Å². The Balaban J connectivity index is 3.32. The van der Waals surface area contributed by atoms with Gasteiger partial charge in [0.2, 0.25) is 11.8 Å². The van der Waals surface area contributed by atoms with E-state index in [9.17, 15) is 9.59 Å². The highest BCUT2D eigenvalue weighted by Crippen LogP contribution is 2.46. The molecule has 0 spiro atoms. The van der Waals surface area contributed by atoms with Crippen molar-refractivity contribution in [2.75, 3.05) is 6.54 Å². The van der Waals surface area contributed by atoms with Crippen LogP contribution in [0.15, 0.2) is 0 Å². The van der Waals surface area contributed by atoms with Gasteiger partial charge in [-0.3, -0.25) is 9.59 Å². The third-order valence-corrected chi connectivity index (χ3v) is 5.71. The maximum Gasteiger partial charge on any atom is 0.243 e. The monoisotopic (exact) mass is 268 g/mol. The number of rotatable bonds is 4. The van der Waals surface area contributed by atoms with Crippen molar-refractivity contribution in [3.05, 3.63) is 0 Å². The molecule has 1 saturated heterocycles. The number of hydrogen-bond acceptors (Lipinski definition) is 2. The van der Waals surface area contributed by atoms with E-state index in [1.54, 1.807) is 4.90 Å². The zero-order chi connectivity index (χ0) is 15.2. The topological polar surface area (TPSA) is 63.4 Å². The second-order valence-corrected chi connectivity index (χ2v) is 7.21. The predicted molar refractivity (Wildman–Crippen MR) is 76.3 cm³/mol. The molecule has 4 heteroatoms. The highest BCUT2D eigenvalue weighted by Gasteiger charge is 2.57. The van der Waals surface area contributed by atoms with Gasteiger partial charge in [0.25, 0.3) is 0 Å². The highest BCUT2D eigenvalue weighted by molar-refractivity contribution is 5.94. The minimum absolute atomic E-state index is 0.0304. The Bertz CT molecular complexity index is 401. The lowest BCUT2D eigenvalue weighted by atomic mass is 9.69. The maximum absolute atomic E-state index is 12.7. The number of amides is 2. The molecule has 110 valence electrons. The van der Waals surface area contributed by atoms with E-state index in [2.05, 4.69) is 6.92 Å². The molecular formula is C15H28N2O2. The number of primary amides is 1. The molecular weight excluding hydrogens is 240 g/mol. The first-order valence-electron chi connectivity index (χ1n) is 7.05. The fourth-order valence-corrected chi connectivity index (χ4v) is 2.71. The zero-order valence-corrected chi connectivity index (χ0v) is 13.3. The van der Waals surface area contributed by atoms with Crippen LogP contribution in [0.5, 0.6) is 0 Å². The van der Waals surface area contributed by atoms with E-state index in [4.69, 9.17) is 5.73 Å². The molecule has 2 atom stereocenters. The van der Waals surface area contributed by atoms with E-state index >= 15 is 0 Å². The van der Waals surface area contributed by atoms with Gasteiger partial charge in [0.1, 0.15) is 5.54 Å². The molecule has 0 aromatic heterocycles. The molecule has 4 nitrogen and oxygen atoms in total. The smallest absolute Gasteiger partial charge is 0.243 e. The summed E-state index contributed by atoms with van der Waals surface area (Å²) in [5.41, 5.74) is 3.95. The Morgan fingerprint density at radius 1 is 1.42 bits per heavy atom. The van der Waals surface area contributed by atoms with Crippen molar-refractivity contribution in [1.82, 2.24) is 4.90 Å². The van der Waals surface area contributed by atoms with Gasteiger partial charge in [0, 0.05) is 12.0 Å². The SMILES string of the molecule is CCC(C)(C)[C@@](C)(C(N)=O)N1CC(C)C(C)(C)C1=O. The van der Waals surface area contributed by atoms with Gasteiger partial charge in [-0.2, -0.15) is 0 Å². The van der Waals surface area contributed by atoms with Crippen molar-refractivity contribution < 1.29 is 9.59 Å². The third-order valence-electron chi connectivity index (χ3n) is 5.71. The van der Waals surface area contributed by atoms with Crippen LogP contribution < -0.4 is 5.73 Å². The molecule has 0 radical (unpaired) electrons. The maximum atomic E-state index is 12.7. The fraction of sp³-hybridized carbons (Fsp3) is 0.867. The third kappa shape index (κ3) is 2.05. The zero-order valence-electron chi connectivity index (χ0n) is 13.3. The summed E-state index contributed by atoms with van der Waals surface area (Å²) in [6, 6.07) is 0. The summed E-state index contributed by atoms with van der Waals surface area (Å²) >= 11 is 0.